The van der Waals surface area contributed by atoms with Gasteiger partial charge in [-0.05, 0) is 18.6 Å². The van der Waals surface area contributed by atoms with Crippen molar-refractivity contribution in [2.24, 2.45) is 15.8 Å². The van der Waals surface area contributed by atoms with Gasteiger partial charge in [-0.1, -0.05) is 17.7 Å². The zero-order valence-corrected chi connectivity index (χ0v) is 16.7. The Morgan fingerprint density at radius 3 is 2.97 bits per heavy atom. The summed E-state index contributed by atoms with van der Waals surface area (Å²) >= 11 is 6.16. The highest BCUT2D eigenvalue weighted by Gasteiger charge is 2.22. The lowest BCUT2D eigenvalue weighted by Gasteiger charge is -2.32. The number of halogens is 3. The molecule has 1 aliphatic heterocycles. The molecular formula is C19H23ClF2N6O. The monoisotopic (exact) mass is 424 g/mol. The number of aliphatic imine (C=N–C) groups is 1. The van der Waals surface area contributed by atoms with Crippen LogP contribution in [0.2, 0.25) is 0 Å². The van der Waals surface area contributed by atoms with Gasteiger partial charge in [0.2, 0.25) is 12.8 Å². The molecule has 0 atom stereocenters. The van der Waals surface area contributed by atoms with Crippen molar-refractivity contribution in [1.29, 1.82) is 0 Å². The molecule has 1 amide bonds. The van der Waals surface area contributed by atoms with E-state index >= 15 is 0 Å². The maximum atomic E-state index is 12.8. The summed E-state index contributed by atoms with van der Waals surface area (Å²) in [5, 5.41) is 4.31. The first kappa shape index (κ1) is 22.5. The van der Waals surface area contributed by atoms with E-state index in [0.717, 1.165) is 11.3 Å². The molecule has 0 bridgehead atoms. The molecular weight excluding hydrogens is 402 g/mol. The SMILES string of the molecule is C/C(Cl)=C(\C=N/NC=O)N1CCC(=NCc2cccnc2CC(F)F)C(=CN)C1. The third kappa shape index (κ3) is 6.63. The zero-order chi connectivity index (χ0) is 21.2. The summed E-state index contributed by atoms with van der Waals surface area (Å²) in [5.74, 6) is 0. The van der Waals surface area contributed by atoms with Crippen molar-refractivity contribution < 1.29 is 13.6 Å². The van der Waals surface area contributed by atoms with Gasteiger partial charge in [0.15, 0.2) is 0 Å². The molecule has 1 aliphatic rings. The van der Waals surface area contributed by atoms with Crippen LogP contribution in [-0.4, -0.2) is 47.7 Å². The average Bonchev–Trinajstić information content (AvgIpc) is 2.70. The Labute approximate surface area is 173 Å². The molecule has 29 heavy (non-hydrogen) atoms. The van der Waals surface area contributed by atoms with Crippen molar-refractivity contribution in [3.63, 3.8) is 0 Å². The summed E-state index contributed by atoms with van der Waals surface area (Å²) in [5.41, 5.74) is 11.3. The summed E-state index contributed by atoms with van der Waals surface area (Å²) in [7, 11) is 0. The number of piperidine rings is 1. The molecule has 0 saturated carbocycles. The van der Waals surface area contributed by atoms with Crippen LogP contribution in [0.4, 0.5) is 8.78 Å². The van der Waals surface area contributed by atoms with Crippen LogP contribution in [0.3, 0.4) is 0 Å². The average molecular weight is 425 g/mol. The number of carbonyl (C=O) groups excluding carboxylic acids is 1. The van der Waals surface area contributed by atoms with E-state index in [2.05, 4.69) is 20.5 Å². The predicted octanol–water partition coefficient (Wildman–Crippen LogP) is 2.58. The number of allylic oxidation sites excluding steroid dienone is 2. The molecule has 0 aromatic carbocycles. The van der Waals surface area contributed by atoms with Crippen LogP contribution >= 0.6 is 11.6 Å². The number of hydrogen-bond donors (Lipinski definition) is 2. The van der Waals surface area contributed by atoms with Crippen molar-refractivity contribution in [2.75, 3.05) is 13.1 Å². The Balaban J connectivity index is 2.14. The lowest BCUT2D eigenvalue weighted by atomic mass is 10.0. The first-order chi connectivity index (χ1) is 14.0. The minimum absolute atomic E-state index is 0.254. The number of alkyl halides is 2. The van der Waals surface area contributed by atoms with Crippen LogP contribution in [0.5, 0.6) is 0 Å². The van der Waals surface area contributed by atoms with Gasteiger partial charge in [-0.25, -0.2) is 14.2 Å². The zero-order valence-electron chi connectivity index (χ0n) is 16.0. The van der Waals surface area contributed by atoms with Crippen molar-refractivity contribution in [3.8, 4) is 0 Å². The van der Waals surface area contributed by atoms with Gasteiger partial charge >= 0.3 is 0 Å². The van der Waals surface area contributed by atoms with Gasteiger partial charge < -0.3 is 10.6 Å². The molecule has 1 aromatic heterocycles. The highest BCUT2D eigenvalue weighted by atomic mass is 35.5. The Kier molecular flexibility index (Phi) is 8.72. The molecule has 10 heteroatoms. The lowest BCUT2D eigenvalue weighted by molar-refractivity contribution is -0.109. The third-order valence-corrected chi connectivity index (χ3v) is 4.53. The number of hydrazone groups is 1. The second-order valence-electron chi connectivity index (χ2n) is 6.25. The van der Waals surface area contributed by atoms with E-state index < -0.39 is 12.8 Å². The summed E-state index contributed by atoms with van der Waals surface area (Å²) in [6, 6.07) is 3.46. The van der Waals surface area contributed by atoms with Crippen molar-refractivity contribution in [3.05, 3.63) is 52.1 Å². The van der Waals surface area contributed by atoms with Gasteiger partial charge in [0, 0.05) is 48.2 Å². The Morgan fingerprint density at radius 2 is 2.31 bits per heavy atom. The minimum atomic E-state index is -2.46. The molecule has 0 radical (unpaired) electrons. The summed E-state index contributed by atoms with van der Waals surface area (Å²) < 4.78 is 25.5. The van der Waals surface area contributed by atoms with Crippen molar-refractivity contribution in [2.45, 2.75) is 32.7 Å². The van der Waals surface area contributed by atoms with E-state index in [1.165, 1.54) is 18.6 Å². The Bertz CT molecular complexity index is 834. The fraction of sp³-hybridized carbons (Fsp3) is 0.368. The quantitative estimate of drug-likeness (QED) is 0.381. The van der Waals surface area contributed by atoms with Crippen LogP contribution in [0.15, 0.2) is 50.9 Å². The molecule has 0 unspecified atom stereocenters. The summed E-state index contributed by atoms with van der Waals surface area (Å²) in [6.45, 7) is 3.05. The molecule has 0 aliphatic carbocycles. The van der Waals surface area contributed by atoms with Gasteiger partial charge in [0.05, 0.1) is 30.6 Å². The molecule has 156 valence electrons. The van der Waals surface area contributed by atoms with Crippen LogP contribution < -0.4 is 11.2 Å². The van der Waals surface area contributed by atoms with E-state index in [0.29, 0.717) is 47.9 Å². The van der Waals surface area contributed by atoms with Gasteiger partial charge in [-0.3, -0.25) is 14.8 Å². The van der Waals surface area contributed by atoms with Crippen LogP contribution in [0.25, 0.3) is 0 Å². The molecule has 3 N–H and O–H groups in total. The smallest absolute Gasteiger partial charge is 0.244 e. The number of rotatable bonds is 8. The topological polar surface area (TPSA) is 96.0 Å². The first-order valence-electron chi connectivity index (χ1n) is 8.95. The van der Waals surface area contributed by atoms with Gasteiger partial charge in [-0.2, -0.15) is 5.10 Å². The fourth-order valence-corrected chi connectivity index (χ4v) is 3.12. The van der Waals surface area contributed by atoms with Gasteiger partial charge in [0.1, 0.15) is 0 Å². The second kappa shape index (κ2) is 11.3. The maximum Gasteiger partial charge on any atom is 0.244 e. The molecule has 1 fully saturated rings. The molecule has 1 aromatic rings. The lowest BCUT2D eigenvalue weighted by Crippen LogP contribution is -2.36. The normalized spacial score (nSPS) is 18.6. The number of amides is 1. The number of aromatic nitrogens is 1. The highest BCUT2D eigenvalue weighted by molar-refractivity contribution is 6.30. The molecule has 0 spiro atoms. The number of nitrogens with one attached hydrogen (secondary N) is 1. The summed E-state index contributed by atoms with van der Waals surface area (Å²) in [6.07, 6.45) is 2.65. The third-order valence-electron chi connectivity index (χ3n) is 4.33. The number of nitrogens with zero attached hydrogens (tertiary/aromatic N) is 4. The second-order valence-corrected chi connectivity index (χ2v) is 6.82. The molecule has 1 saturated heterocycles. The van der Waals surface area contributed by atoms with Crippen molar-refractivity contribution in [1.82, 2.24) is 15.3 Å². The maximum absolute atomic E-state index is 12.8. The number of nitrogens with two attached hydrogens (primary N) is 1. The largest absolute Gasteiger partial charge is 0.404 e. The van der Waals surface area contributed by atoms with Crippen LogP contribution in [0, 0.1) is 0 Å². The standard InChI is InChI=1S/C19H23ClF2N6O/c1-13(20)18(10-26-27-12-29)28-6-4-16(15(8-23)11-28)25-9-14-3-2-5-24-17(14)7-19(21)22/h2-3,5,8,10,12,19H,4,6-7,9,11,23H2,1H3,(H,27,29)/b15-8?,18-13-,25-16?,26-10-. The van der Waals surface area contributed by atoms with Crippen LogP contribution in [-0.2, 0) is 17.8 Å². The Morgan fingerprint density at radius 1 is 1.52 bits per heavy atom. The fourth-order valence-electron chi connectivity index (χ4n) is 2.96. The van der Waals surface area contributed by atoms with Gasteiger partial charge in [0.25, 0.3) is 0 Å². The van der Waals surface area contributed by atoms with E-state index in [9.17, 15) is 13.6 Å². The molecule has 2 heterocycles. The van der Waals surface area contributed by atoms with Gasteiger partial charge in [-0.15, -0.1) is 0 Å². The van der Waals surface area contributed by atoms with E-state index in [-0.39, 0.29) is 6.54 Å². The minimum Gasteiger partial charge on any atom is -0.404 e. The number of pyridine rings is 1. The number of hydrogen-bond acceptors (Lipinski definition) is 6. The highest BCUT2D eigenvalue weighted by Crippen LogP contribution is 2.21. The van der Waals surface area contributed by atoms with Crippen molar-refractivity contribution >= 4 is 29.9 Å². The molecule has 7 nitrogen and oxygen atoms in total. The van der Waals surface area contributed by atoms with E-state index in [4.69, 9.17) is 17.3 Å². The number of carbonyl (C=O) groups is 1. The Hall–Kier alpha value is -2.81. The van der Waals surface area contributed by atoms with Crippen LogP contribution in [0.1, 0.15) is 24.6 Å². The summed E-state index contributed by atoms with van der Waals surface area (Å²) in [4.78, 5) is 21.0. The molecule has 2 rings (SSSR count). The number of likely N-dealkylation sites (tertiary alicyclic amines) is 1. The predicted molar refractivity (Wildman–Crippen MR) is 110 cm³/mol. The van der Waals surface area contributed by atoms with E-state index in [1.54, 1.807) is 19.1 Å². The first-order valence-corrected chi connectivity index (χ1v) is 9.33. The van der Waals surface area contributed by atoms with E-state index in [1.807, 2.05) is 4.90 Å².